The first-order valence-electron chi connectivity index (χ1n) is 7.19. The number of amides is 2. The van der Waals surface area contributed by atoms with Gasteiger partial charge in [0.1, 0.15) is 0 Å². The van der Waals surface area contributed by atoms with Gasteiger partial charge in [-0.25, -0.2) is 4.98 Å². The lowest BCUT2D eigenvalue weighted by Crippen LogP contribution is -2.40. The van der Waals surface area contributed by atoms with Crippen molar-refractivity contribution in [2.45, 2.75) is 20.4 Å². The average molecular weight is 293 g/mol. The van der Waals surface area contributed by atoms with Gasteiger partial charge in [-0.05, 0) is 6.92 Å². The van der Waals surface area contributed by atoms with Crippen molar-refractivity contribution in [2.75, 3.05) is 33.2 Å². The molecule has 21 heavy (non-hydrogen) atoms. The number of hydrogen-bond acceptors (Lipinski definition) is 4. The quantitative estimate of drug-likeness (QED) is 0.805. The van der Waals surface area contributed by atoms with Crippen LogP contribution in [0.15, 0.2) is 6.33 Å². The van der Waals surface area contributed by atoms with E-state index in [1.807, 2.05) is 6.92 Å². The van der Waals surface area contributed by atoms with E-state index in [0.717, 1.165) is 17.9 Å². The summed E-state index contributed by atoms with van der Waals surface area (Å²) in [5.74, 6) is -0.214. The molecule has 2 rings (SSSR count). The van der Waals surface area contributed by atoms with Crippen molar-refractivity contribution in [3.05, 3.63) is 17.7 Å². The van der Waals surface area contributed by atoms with Crippen molar-refractivity contribution in [3.8, 4) is 0 Å². The van der Waals surface area contributed by atoms with Crippen LogP contribution in [0.3, 0.4) is 0 Å². The summed E-state index contributed by atoms with van der Waals surface area (Å²) < 4.78 is 0. The van der Waals surface area contributed by atoms with E-state index in [1.165, 1.54) is 0 Å². The van der Waals surface area contributed by atoms with Gasteiger partial charge >= 0.3 is 0 Å². The van der Waals surface area contributed by atoms with E-state index >= 15 is 0 Å². The van der Waals surface area contributed by atoms with Crippen LogP contribution in [0.1, 0.15) is 18.3 Å². The first-order chi connectivity index (χ1) is 10.0. The Kier molecular flexibility index (Phi) is 4.95. The highest BCUT2D eigenvalue weighted by Gasteiger charge is 2.28. The number of imidazole rings is 1. The molecule has 7 nitrogen and oxygen atoms in total. The van der Waals surface area contributed by atoms with Crippen molar-refractivity contribution < 1.29 is 9.59 Å². The van der Waals surface area contributed by atoms with Crippen molar-refractivity contribution in [1.29, 1.82) is 0 Å². The standard InChI is InChI=1S/C14H23N5O2/c1-10-13(17-9-16-10)8-18-4-5-19(11(2)20)7-12(6-18)14(21)15-3/h9,12H,4-8H2,1-3H3,(H,15,21)(H,16,17). The van der Waals surface area contributed by atoms with Gasteiger partial charge < -0.3 is 15.2 Å². The van der Waals surface area contributed by atoms with E-state index in [2.05, 4.69) is 20.2 Å². The molecule has 116 valence electrons. The number of nitrogens with one attached hydrogen (secondary N) is 2. The molecule has 1 fully saturated rings. The molecule has 1 aromatic heterocycles. The number of H-pyrrole nitrogens is 1. The average Bonchev–Trinajstić information content (AvgIpc) is 2.74. The molecule has 2 N–H and O–H groups in total. The topological polar surface area (TPSA) is 81.3 Å². The molecule has 0 spiro atoms. The predicted octanol–water partition coefficient (Wildman–Crippen LogP) is -0.256. The van der Waals surface area contributed by atoms with E-state index in [9.17, 15) is 9.59 Å². The fourth-order valence-corrected chi connectivity index (χ4v) is 2.64. The molecule has 0 aliphatic carbocycles. The summed E-state index contributed by atoms with van der Waals surface area (Å²) >= 11 is 0. The lowest BCUT2D eigenvalue weighted by molar-refractivity contribution is -0.130. The van der Waals surface area contributed by atoms with Crippen molar-refractivity contribution in [3.63, 3.8) is 0 Å². The molecule has 1 unspecified atom stereocenters. The molecule has 0 radical (unpaired) electrons. The minimum absolute atomic E-state index is 0.0155. The molecular weight excluding hydrogens is 270 g/mol. The number of aromatic amines is 1. The molecule has 2 heterocycles. The summed E-state index contributed by atoms with van der Waals surface area (Å²) in [6.07, 6.45) is 1.68. The van der Waals surface area contributed by atoms with Crippen LogP contribution >= 0.6 is 0 Å². The summed E-state index contributed by atoms with van der Waals surface area (Å²) in [6, 6.07) is 0. The summed E-state index contributed by atoms with van der Waals surface area (Å²) in [5.41, 5.74) is 2.03. The van der Waals surface area contributed by atoms with Crippen LogP contribution in [-0.4, -0.2) is 64.8 Å². The summed E-state index contributed by atoms with van der Waals surface area (Å²) in [7, 11) is 1.63. The Hall–Kier alpha value is -1.89. The Morgan fingerprint density at radius 1 is 1.43 bits per heavy atom. The number of aryl methyl sites for hydroxylation is 1. The number of aromatic nitrogens is 2. The molecule has 1 aliphatic heterocycles. The van der Waals surface area contributed by atoms with Crippen LogP contribution < -0.4 is 5.32 Å². The number of nitrogens with zero attached hydrogens (tertiary/aromatic N) is 3. The second kappa shape index (κ2) is 6.71. The van der Waals surface area contributed by atoms with Crippen LogP contribution in [0.5, 0.6) is 0 Å². The van der Waals surface area contributed by atoms with Gasteiger partial charge in [-0.3, -0.25) is 14.5 Å². The van der Waals surface area contributed by atoms with Crippen molar-refractivity contribution in [1.82, 2.24) is 25.1 Å². The first kappa shape index (κ1) is 15.5. The van der Waals surface area contributed by atoms with Crippen LogP contribution in [0.25, 0.3) is 0 Å². The van der Waals surface area contributed by atoms with Gasteiger partial charge in [-0.1, -0.05) is 0 Å². The molecule has 1 atom stereocenters. The zero-order valence-corrected chi connectivity index (χ0v) is 12.8. The molecule has 2 amide bonds. The van der Waals surface area contributed by atoms with Crippen LogP contribution in [0.2, 0.25) is 0 Å². The number of hydrogen-bond donors (Lipinski definition) is 2. The van der Waals surface area contributed by atoms with Crippen LogP contribution in [0.4, 0.5) is 0 Å². The number of carbonyl (C=O) groups is 2. The van der Waals surface area contributed by atoms with Gasteiger partial charge in [0.05, 0.1) is 17.9 Å². The Labute approximate surface area is 124 Å². The Morgan fingerprint density at radius 3 is 2.76 bits per heavy atom. The fraction of sp³-hybridized carbons (Fsp3) is 0.643. The van der Waals surface area contributed by atoms with Crippen molar-refractivity contribution in [2.24, 2.45) is 5.92 Å². The summed E-state index contributed by atoms with van der Waals surface area (Å²) in [5, 5.41) is 2.69. The smallest absolute Gasteiger partial charge is 0.225 e. The van der Waals surface area contributed by atoms with Crippen molar-refractivity contribution >= 4 is 11.8 Å². The normalized spacial score (nSPS) is 20.1. The van der Waals surface area contributed by atoms with E-state index in [4.69, 9.17) is 0 Å². The van der Waals surface area contributed by atoms with Gasteiger partial charge in [-0.15, -0.1) is 0 Å². The summed E-state index contributed by atoms with van der Waals surface area (Å²) in [4.78, 5) is 35.0. The molecule has 1 aromatic rings. The van der Waals surface area contributed by atoms with E-state index < -0.39 is 0 Å². The maximum absolute atomic E-state index is 12.0. The van der Waals surface area contributed by atoms with Gasteiger partial charge in [-0.2, -0.15) is 0 Å². The highest BCUT2D eigenvalue weighted by Crippen LogP contribution is 2.14. The Morgan fingerprint density at radius 2 is 2.19 bits per heavy atom. The maximum Gasteiger partial charge on any atom is 0.225 e. The first-order valence-corrected chi connectivity index (χ1v) is 7.19. The molecule has 1 saturated heterocycles. The third-order valence-corrected chi connectivity index (χ3v) is 3.98. The number of carbonyl (C=O) groups excluding carboxylic acids is 2. The molecular formula is C14H23N5O2. The highest BCUT2D eigenvalue weighted by molar-refractivity contribution is 5.80. The van der Waals surface area contributed by atoms with Gasteiger partial charge in [0.25, 0.3) is 0 Å². The Balaban J connectivity index is 2.10. The second-order valence-corrected chi connectivity index (χ2v) is 5.49. The zero-order chi connectivity index (χ0) is 15.4. The lowest BCUT2D eigenvalue weighted by atomic mass is 10.1. The van der Waals surface area contributed by atoms with Gasteiger partial charge in [0.2, 0.25) is 11.8 Å². The van der Waals surface area contributed by atoms with Gasteiger partial charge in [0.15, 0.2) is 0 Å². The molecule has 0 saturated carbocycles. The molecule has 1 aliphatic rings. The van der Waals surface area contributed by atoms with E-state index in [0.29, 0.717) is 26.2 Å². The Bertz CT molecular complexity index is 513. The minimum atomic E-state index is -0.208. The molecule has 0 aromatic carbocycles. The van der Waals surface area contributed by atoms with Crippen LogP contribution in [-0.2, 0) is 16.1 Å². The maximum atomic E-state index is 12.0. The number of rotatable bonds is 3. The fourth-order valence-electron chi connectivity index (χ4n) is 2.64. The second-order valence-electron chi connectivity index (χ2n) is 5.49. The largest absolute Gasteiger partial charge is 0.359 e. The van der Waals surface area contributed by atoms with Gasteiger partial charge in [0, 0.05) is 52.4 Å². The monoisotopic (exact) mass is 293 g/mol. The lowest BCUT2D eigenvalue weighted by Gasteiger charge is -2.22. The third kappa shape index (κ3) is 3.81. The predicted molar refractivity (Wildman–Crippen MR) is 78.4 cm³/mol. The highest BCUT2D eigenvalue weighted by atomic mass is 16.2. The molecule has 0 bridgehead atoms. The SMILES string of the molecule is CNC(=O)C1CN(Cc2nc[nH]c2C)CCN(C(C)=O)C1. The molecule has 7 heteroatoms. The zero-order valence-electron chi connectivity index (χ0n) is 12.8. The van der Waals surface area contributed by atoms with Crippen LogP contribution in [0, 0.1) is 12.8 Å². The van der Waals surface area contributed by atoms with E-state index in [1.54, 1.807) is 25.2 Å². The minimum Gasteiger partial charge on any atom is -0.359 e. The summed E-state index contributed by atoms with van der Waals surface area (Å²) in [6.45, 7) is 6.73. The third-order valence-electron chi connectivity index (χ3n) is 3.98. The van der Waals surface area contributed by atoms with E-state index in [-0.39, 0.29) is 17.7 Å².